The number of hydrogen-bond donors (Lipinski definition) is 2. The SMILES string of the molecule is O=C(O)CCSCc1cccc(NC(=O)C2CCOCC2)c1. The minimum Gasteiger partial charge on any atom is -0.481 e. The molecule has 1 aromatic carbocycles. The van der Waals surface area contributed by atoms with E-state index in [1.54, 1.807) is 11.8 Å². The summed E-state index contributed by atoms with van der Waals surface area (Å²) in [5, 5.41) is 11.6. The highest BCUT2D eigenvalue weighted by molar-refractivity contribution is 7.98. The van der Waals surface area contributed by atoms with E-state index < -0.39 is 5.97 Å². The van der Waals surface area contributed by atoms with Crippen LogP contribution in [0.15, 0.2) is 24.3 Å². The number of carbonyl (C=O) groups is 2. The van der Waals surface area contributed by atoms with Crippen molar-refractivity contribution in [1.29, 1.82) is 0 Å². The van der Waals surface area contributed by atoms with Crippen molar-refractivity contribution >= 4 is 29.3 Å². The van der Waals surface area contributed by atoms with Gasteiger partial charge in [0.25, 0.3) is 0 Å². The Hall–Kier alpha value is -1.53. The van der Waals surface area contributed by atoms with E-state index in [2.05, 4.69) is 5.32 Å². The third-order valence-electron chi connectivity index (χ3n) is 3.52. The second-order valence-corrected chi connectivity index (χ2v) is 6.38. The molecule has 1 heterocycles. The first-order valence-corrected chi connectivity index (χ1v) is 8.57. The predicted molar refractivity (Wildman–Crippen MR) is 87.0 cm³/mol. The van der Waals surface area contributed by atoms with E-state index in [1.807, 2.05) is 24.3 Å². The molecular weight excluding hydrogens is 302 g/mol. The van der Waals surface area contributed by atoms with Gasteiger partial charge in [-0.3, -0.25) is 9.59 Å². The molecule has 1 fully saturated rings. The average Bonchev–Trinajstić information content (AvgIpc) is 2.52. The van der Waals surface area contributed by atoms with Crippen molar-refractivity contribution in [1.82, 2.24) is 0 Å². The fourth-order valence-electron chi connectivity index (χ4n) is 2.29. The van der Waals surface area contributed by atoms with Gasteiger partial charge < -0.3 is 15.2 Å². The molecule has 0 aromatic heterocycles. The molecule has 2 N–H and O–H groups in total. The van der Waals surface area contributed by atoms with Crippen molar-refractivity contribution in [3.8, 4) is 0 Å². The second-order valence-electron chi connectivity index (χ2n) is 5.27. The number of anilines is 1. The lowest BCUT2D eigenvalue weighted by Gasteiger charge is -2.21. The molecular formula is C16H21NO4S. The molecule has 0 radical (unpaired) electrons. The number of thioether (sulfide) groups is 1. The molecule has 0 saturated carbocycles. The Morgan fingerprint density at radius 2 is 2.09 bits per heavy atom. The molecule has 1 aromatic rings. The van der Waals surface area contributed by atoms with Gasteiger partial charge in [0.15, 0.2) is 0 Å². The lowest BCUT2D eigenvalue weighted by molar-refractivity contribution is -0.136. The Balaban J connectivity index is 1.82. The van der Waals surface area contributed by atoms with Crippen LogP contribution in [-0.4, -0.2) is 35.9 Å². The summed E-state index contributed by atoms with van der Waals surface area (Å²) >= 11 is 1.58. The molecule has 0 spiro atoms. The molecule has 1 saturated heterocycles. The smallest absolute Gasteiger partial charge is 0.304 e. The van der Waals surface area contributed by atoms with Crippen LogP contribution in [0.4, 0.5) is 5.69 Å². The van der Waals surface area contributed by atoms with Gasteiger partial charge in [-0.1, -0.05) is 12.1 Å². The Morgan fingerprint density at radius 1 is 1.32 bits per heavy atom. The van der Waals surface area contributed by atoms with E-state index in [9.17, 15) is 9.59 Å². The van der Waals surface area contributed by atoms with Gasteiger partial charge in [0.1, 0.15) is 0 Å². The summed E-state index contributed by atoms with van der Waals surface area (Å²) in [5.74, 6) is 0.647. The predicted octanol–water partition coefficient (Wildman–Crippen LogP) is 2.76. The summed E-state index contributed by atoms with van der Waals surface area (Å²) in [6, 6.07) is 7.72. The lowest BCUT2D eigenvalue weighted by atomic mass is 9.99. The Morgan fingerprint density at radius 3 is 2.82 bits per heavy atom. The monoisotopic (exact) mass is 323 g/mol. The summed E-state index contributed by atoms with van der Waals surface area (Å²) in [4.78, 5) is 22.6. The summed E-state index contributed by atoms with van der Waals surface area (Å²) in [6.07, 6.45) is 1.72. The summed E-state index contributed by atoms with van der Waals surface area (Å²) in [5.41, 5.74) is 1.88. The van der Waals surface area contributed by atoms with Gasteiger partial charge in [-0.15, -0.1) is 0 Å². The van der Waals surface area contributed by atoms with Crippen LogP contribution in [0.5, 0.6) is 0 Å². The van der Waals surface area contributed by atoms with E-state index in [-0.39, 0.29) is 18.2 Å². The zero-order chi connectivity index (χ0) is 15.8. The van der Waals surface area contributed by atoms with Crippen molar-refractivity contribution in [3.05, 3.63) is 29.8 Å². The third kappa shape index (κ3) is 5.69. The number of amides is 1. The fraction of sp³-hybridized carbons (Fsp3) is 0.500. The minimum atomic E-state index is -0.773. The Labute approximate surface area is 134 Å². The second kappa shape index (κ2) is 8.80. The van der Waals surface area contributed by atoms with Gasteiger partial charge in [-0.05, 0) is 30.5 Å². The highest BCUT2D eigenvalue weighted by atomic mass is 32.2. The van der Waals surface area contributed by atoms with Gasteiger partial charge in [-0.25, -0.2) is 0 Å². The zero-order valence-corrected chi connectivity index (χ0v) is 13.2. The van der Waals surface area contributed by atoms with Crippen LogP contribution in [0, 0.1) is 5.92 Å². The number of rotatable bonds is 7. The van der Waals surface area contributed by atoms with Crippen LogP contribution in [0.25, 0.3) is 0 Å². The standard InChI is InChI=1S/C16H21NO4S/c18-15(19)6-9-22-11-12-2-1-3-14(10-12)17-16(20)13-4-7-21-8-5-13/h1-3,10,13H,4-9,11H2,(H,17,20)(H,18,19). The van der Waals surface area contributed by atoms with Crippen LogP contribution in [0.1, 0.15) is 24.8 Å². The number of hydrogen-bond acceptors (Lipinski definition) is 4. The number of carboxylic acids is 1. The maximum atomic E-state index is 12.2. The molecule has 22 heavy (non-hydrogen) atoms. The van der Waals surface area contributed by atoms with Gasteiger partial charge in [0, 0.05) is 36.3 Å². The average molecular weight is 323 g/mol. The molecule has 1 aliphatic heterocycles. The van der Waals surface area contributed by atoms with Crippen molar-refractivity contribution < 1.29 is 19.4 Å². The normalized spacial score (nSPS) is 15.5. The van der Waals surface area contributed by atoms with Crippen LogP contribution >= 0.6 is 11.8 Å². The zero-order valence-electron chi connectivity index (χ0n) is 12.4. The molecule has 0 bridgehead atoms. The molecule has 1 aliphatic rings. The van der Waals surface area contributed by atoms with Crippen molar-refractivity contribution in [3.63, 3.8) is 0 Å². The first kappa shape index (κ1) is 16.8. The van der Waals surface area contributed by atoms with Crippen molar-refractivity contribution in [2.24, 2.45) is 5.92 Å². The maximum Gasteiger partial charge on any atom is 0.304 e. The Bertz CT molecular complexity index is 515. The van der Waals surface area contributed by atoms with Crippen LogP contribution in [-0.2, 0) is 20.1 Å². The molecule has 0 atom stereocenters. The first-order chi connectivity index (χ1) is 10.6. The number of carboxylic acid groups (broad SMARTS) is 1. The van der Waals surface area contributed by atoms with Gasteiger partial charge in [-0.2, -0.15) is 11.8 Å². The van der Waals surface area contributed by atoms with E-state index in [0.29, 0.717) is 19.0 Å². The summed E-state index contributed by atoms with van der Waals surface area (Å²) < 4.78 is 5.27. The van der Waals surface area contributed by atoms with E-state index >= 15 is 0 Å². The highest BCUT2D eigenvalue weighted by Crippen LogP contribution is 2.20. The van der Waals surface area contributed by atoms with Gasteiger partial charge >= 0.3 is 5.97 Å². The van der Waals surface area contributed by atoms with Gasteiger partial charge in [0.2, 0.25) is 5.91 Å². The molecule has 0 aliphatic carbocycles. The molecule has 2 rings (SSSR count). The Kier molecular flexibility index (Phi) is 6.74. The summed E-state index contributed by atoms with van der Waals surface area (Å²) in [7, 11) is 0. The maximum absolute atomic E-state index is 12.2. The highest BCUT2D eigenvalue weighted by Gasteiger charge is 2.21. The van der Waals surface area contributed by atoms with Crippen molar-refractivity contribution in [2.75, 3.05) is 24.3 Å². The van der Waals surface area contributed by atoms with E-state index in [1.165, 1.54) is 0 Å². The largest absolute Gasteiger partial charge is 0.481 e. The lowest BCUT2D eigenvalue weighted by Crippen LogP contribution is -2.28. The van der Waals surface area contributed by atoms with Crippen LogP contribution in [0.2, 0.25) is 0 Å². The quantitative estimate of drug-likeness (QED) is 0.755. The van der Waals surface area contributed by atoms with Gasteiger partial charge in [0.05, 0.1) is 6.42 Å². The van der Waals surface area contributed by atoms with Crippen molar-refractivity contribution in [2.45, 2.75) is 25.0 Å². The summed E-state index contributed by atoms with van der Waals surface area (Å²) in [6.45, 7) is 1.30. The molecule has 5 nitrogen and oxygen atoms in total. The molecule has 6 heteroatoms. The molecule has 120 valence electrons. The fourth-order valence-corrected chi connectivity index (χ4v) is 3.17. The van der Waals surface area contributed by atoms with E-state index in [4.69, 9.17) is 9.84 Å². The van der Waals surface area contributed by atoms with Crippen LogP contribution in [0.3, 0.4) is 0 Å². The molecule has 1 amide bonds. The first-order valence-electron chi connectivity index (χ1n) is 7.42. The van der Waals surface area contributed by atoms with Crippen LogP contribution < -0.4 is 5.32 Å². The number of ether oxygens (including phenoxy) is 1. The number of carbonyl (C=O) groups excluding carboxylic acids is 1. The number of nitrogens with one attached hydrogen (secondary N) is 1. The third-order valence-corrected chi connectivity index (χ3v) is 4.55. The van der Waals surface area contributed by atoms with E-state index in [0.717, 1.165) is 29.8 Å². The topological polar surface area (TPSA) is 75.6 Å². The number of aliphatic carboxylic acids is 1. The minimum absolute atomic E-state index is 0.0300. The molecule has 0 unspecified atom stereocenters. The number of benzene rings is 1.